The minimum atomic E-state index is -1.48. The lowest BCUT2D eigenvalue weighted by molar-refractivity contribution is -0.149. The molecule has 0 spiro atoms. The third-order valence-electron chi connectivity index (χ3n) is 5.51. The molecule has 154 valence electrons. The summed E-state index contributed by atoms with van der Waals surface area (Å²) >= 11 is 1.32. The summed E-state index contributed by atoms with van der Waals surface area (Å²) in [5, 5.41) is 31.8. The molecule has 6 nitrogen and oxygen atoms in total. The van der Waals surface area contributed by atoms with Crippen molar-refractivity contribution in [3.63, 3.8) is 0 Å². The maximum absolute atomic E-state index is 13.2. The number of benzene rings is 2. The number of allylic oxidation sites excluding steroid dienone is 1. The number of aromatic hydroxyl groups is 1. The Balaban J connectivity index is 1.78. The van der Waals surface area contributed by atoms with E-state index in [1.54, 1.807) is 12.1 Å². The number of carbonyl (C=O) groups excluding carboxylic acids is 1. The number of ether oxygens (including phenoxy) is 1. The van der Waals surface area contributed by atoms with Crippen LogP contribution in [0.15, 0.2) is 53.1 Å². The molecule has 1 amide bonds. The first-order valence-corrected chi connectivity index (χ1v) is 10.7. The van der Waals surface area contributed by atoms with Crippen molar-refractivity contribution in [3.05, 3.63) is 69.8 Å². The molecule has 7 heteroatoms. The van der Waals surface area contributed by atoms with Gasteiger partial charge in [0, 0.05) is 17.9 Å². The minimum Gasteiger partial charge on any atom is -0.504 e. The van der Waals surface area contributed by atoms with Gasteiger partial charge in [-0.3, -0.25) is 9.69 Å². The molecule has 30 heavy (non-hydrogen) atoms. The maximum atomic E-state index is 13.2. The van der Waals surface area contributed by atoms with Crippen molar-refractivity contribution in [1.82, 2.24) is 4.90 Å². The van der Waals surface area contributed by atoms with Gasteiger partial charge in [-0.2, -0.15) is 5.26 Å². The highest BCUT2D eigenvalue weighted by molar-refractivity contribution is 8.03. The van der Waals surface area contributed by atoms with Crippen molar-refractivity contribution < 1.29 is 19.7 Å². The van der Waals surface area contributed by atoms with Crippen LogP contribution in [0.25, 0.3) is 0 Å². The van der Waals surface area contributed by atoms with Crippen molar-refractivity contribution in [2.24, 2.45) is 0 Å². The number of phenols is 1. The van der Waals surface area contributed by atoms with E-state index in [9.17, 15) is 20.3 Å². The predicted molar refractivity (Wildman–Crippen MR) is 114 cm³/mol. The van der Waals surface area contributed by atoms with Gasteiger partial charge in [0.1, 0.15) is 0 Å². The van der Waals surface area contributed by atoms with Gasteiger partial charge in [0.15, 0.2) is 17.2 Å². The van der Waals surface area contributed by atoms with Crippen LogP contribution in [-0.2, 0) is 10.5 Å². The number of aryl methyl sites for hydroxylation is 1. The fourth-order valence-corrected chi connectivity index (χ4v) is 5.32. The van der Waals surface area contributed by atoms with E-state index in [0.29, 0.717) is 28.5 Å². The van der Waals surface area contributed by atoms with Crippen LogP contribution in [0.4, 0.5) is 0 Å². The molecular weight excluding hydrogens is 400 g/mol. The Hall–Kier alpha value is -2.95. The number of rotatable bonds is 4. The van der Waals surface area contributed by atoms with Crippen molar-refractivity contribution in [2.75, 3.05) is 12.4 Å². The number of hydrogen-bond donors (Lipinski definition) is 2. The molecule has 2 aliphatic rings. The SMILES string of the molecule is CCOc1cc([C@H]2CC(=O)N3C(=C2C#N)SC[C@]3(O)c2ccc(C)cc2)ccc1O. The number of aliphatic hydroxyl groups is 1. The predicted octanol–water partition coefficient (Wildman–Crippen LogP) is 3.74. The second-order valence-electron chi connectivity index (χ2n) is 7.45. The van der Waals surface area contributed by atoms with Crippen molar-refractivity contribution in [1.29, 1.82) is 5.26 Å². The summed E-state index contributed by atoms with van der Waals surface area (Å²) < 4.78 is 5.46. The van der Waals surface area contributed by atoms with E-state index in [1.807, 2.05) is 38.1 Å². The van der Waals surface area contributed by atoms with Crippen LogP contribution in [0.2, 0.25) is 0 Å². The number of phenolic OH excluding ortho intramolecular Hbond substituents is 1. The van der Waals surface area contributed by atoms with E-state index in [1.165, 1.54) is 22.7 Å². The Morgan fingerprint density at radius 1 is 1.30 bits per heavy atom. The van der Waals surface area contributed by atoms with Gasteiger partial charge in [-0.1, -0.05) is 35.9 Å². The second-order valence-corrected chi connectivity index (χ2v) is 8.41. The average molecular weight is 423 g/mol. The molecule has 2 aliphatic heterocycles. The topological polar surface area (TPSA) is 93.8 Å². The van der Waals surface area contributed by atoms with E-state index in [-0.39, 0.29) is 23.8 Å². The first kappa shape index (κ1) is 20.3. The van der Waals surface area contributed by atoms with Crippen LogP contribution in [0, 0.1) is 18.3 Å². The fourth-order valence-electron chi connectivity index (χ4n) is 3.96. The van der Waals surface area contributed by atoms with Crippen molar-refractivity contribution in [3.8, 4) is 17.6 Å². The summed E-state index contributed by atoms with van der Waals surface area (Å²) in [7, 11) is 0. The third-order valence-corrected chi connectivity index (χ3v) is 6.73. The molecule has 0 radical (unpaired) electrons. The quantitative estimate of drug-likeness (QED) is 0.780. The highest BCUT2D eigenvalue weighted by Gasteiger charge is 2.51. The lowest BCUT2D eigenvalue weighted by Gasteiger charge is -2.38. The highest BCUT2D eigenvalue weighted by atomic mass is 32.2. The molecule has 0 unspecified atom stereocenters. The molecule has 2 atom stereocenters. The molecular formula is C23H22N2O4S. The molecule has 2 N–H and O–H groups in total. The molecule has 4 rings (SSSR count). The van der Waals surface area contributed by atoms with Gasteiger partial charge in [0.05, 0.1) is 29.0 Å². The number of thioether (sulfide) groups is 1. The summed E-state index contributed by atoms with van der Waals surface area (Å²) in [5.74, 6) is -0.106. The Labute approximate surface area is 179 Å². The zero-order valence-corrected chi connectivity index (χ0v) is 17.6. The summed E-state index contributed by atoms with van der Waals surface area (Å²) in [6.07, 6.45) is 0.0530. The molecule has 2 aromatic carbocycles. The van der Waals surface area contributed by atoms with E-state index in [4.69, 9.17) is 4.74 Å². The van der Waals surface area contributed by atoms with Crippen LogP contribution >= 0.6 is 11.8 Å². The molecule has 0 bridgehead atoms. The molecule has 0 aromatic heterocycles. The molecule has 1 saturated heterocycles. The lowest BCUT2D eigenvalue weighted by atomic mass is 9.85. The summed E-state index contributed by atoms with van der Waals surface area (Å²) in [6, 6.07) is 14.6. The zero-order chi connectivity index (χ0) is 21.5. The molecule has 0 saturated carbocycles. The van der Waals surface area contributed by atoms with Crippen LogP contribution in [-0.4, -0.2) is 33.4 Å². The molecule has 2 heterocycles. The van der Waals surface area contributed by atoms with Gasteiger partial charge in [-0.05, 0) is 31.5 Å². The molecule has 2 aromatic rings. The number of nitrogens with zero attached hydrogens (tertiary/aromatic N) is 2. The largest absolute Gasteiger partial charge is 0.504 e. The third kappa shape index (κ3) is 3.22. The van der Waals surface area contributed by atoms with Crippen LogP contribution in [0.3, 0.4) is 0 Å². The Bertz CT molecular complexity index is 1070. The maximum Gasteiger partial charge on any atom is 0.231 e. The Morgan fingerprint density at radius 3 is 2.70 bits per heavy atom. The average Bonchev–Trinajstić information content (AvgIpc) is 3.09. The van der Waals surface area contributed by atoms with Crippen LogP contribution in [0.5, 0.6) is 11.5 Å². The highest BCUT2D eigenvalue weighted by Crippen LogP contribution is 2.52. The van der Waals surface area contributed by atoms with Gasteiger partial charge >= 0.3 is 0 Å². The minimum absolute atomic E-state index is 0.0134. The monoisotopic (exact) mass is 422 g/mol. The van der Waals surface area contributed by atoms with E-state index < -0.39 is 11.6 Å². The lowest BCUT2D eigenvalue weighted by Crippen LogP contribution is -2.48. The van der Waals surface area contributed by atoms with E-state index in [0.717, 1.165) is 11.1 Å². The smallest absolute Gasteiger partial charge is 0.231 e. The zero-order valence-electron chi connectivity index (χ0n) is 16.8. The normalized spacial score (nSPS) is 23.3. The molecule has 0 aliphatic carbocycles. The Morgan fingerprint density at radius 2 is 2.03 bits per heavy atom. The number of nitriles is 1. The number of hydrogen-bond acceptors (Lipinski definition) is 6. The van der Waals surface area contributed by atoms with Crippen LogP contribution < -0.4 is 4.74 Å². The first-order valence-electron chi connectivity index (χ1n) is 9.74. The number of fused-ring (bicyclic) bond motifs is 1. The van der Waals surface area contributed by atoms with Crippen LogP contribution in [0.1, 0.15) is 36.0 Å². The van der Waals surface area contributed by atoms with Gasteiger partial charge in [0.2, 0.25) is 5.91 Å². The summed E-state index contributed by atoms with van der Waals surface area (Å²) in [6.45, 7) is 4.17. The number of amides is 1. The summed E-state index contributed by atoms with van der Waals surface area (Å²) in [4.78, 5) is 14.6. The fraction of sp³-hybridized carbons (Fsp3) is 0.304. The standard InChI is InChI=1S/C23H22N2O4S/c1-3-29-20-10-15(6-9-19(20)26)17-11-21(27)25-22(18(17)12-24)30-13-23(25,28)16-7-4-14(2)5-8-16/h4-10,17,26,28H,3,11,13H2,1-2H3/t17-,23+/m1/s1. The van der Waals surface area contributed by atoms with E-state index >= 15 is 0 Å². The van der Waals surface area contributed by atoms with Crippen molar-refractivity contribution in [2.45, 2.75) is 31.9 Å². The van der Waals surface area contributed by atoms with Gasteiger partial charge < -0.3 is 14.9 Å². The van der Waals surface area contributed by atoms with Gasteiger partial charge in [-0.15, -0.1) is 11.8 Å². The van der Waals surface area contributed by atoms with Crippen molar-refractivity contribution >= 4 is 17.7 Å². The van der Waals surface area contributed by atoms with E-state index in [2.05, 4.69) is 6.07 Å². The Kier molecular flexibility index (Phi) is 5.22. The second kappa shape index (κ2) is 7.71. The number of carbonyl (C=O) groups is 1. The summed E-state index contributed by atoms with van der Waals surface area (Å²) in [5.41, 5.74) is 1.37. The molecule has 1 fully saturated rings. The van der Waals surface area contributed by atoms with Gasteiger partial charge in [-0.25, -0.2) is 0 Å². The first-order chi connectivity index (χ1) is 14.4. The van der Waals surface area contributed by atoms with Gasteiger partial charge in [0.25, 0.3) is 0 Å².